The van der Waals surface area contributed by atoms with E-state index in [4.69, 9.17) is 0 Å². The average molecular weight is 203 g/mol. The standard InChI is InChI=1S/C11H9NOS/c1-8-2-3-9(7-13)6-10(8)11-4-5-14-12-11/h2-7H,1H3. The normalized spacial score (nSPS) is 10.1. The Labute approximate surface area is 86.4 Å². The number of aromatic nitrogens is 1. The largest absolute Gasteiger partial charge is 0.298 e. The van der Waals surface area contributed by atoms with E-state index < -0.39 is 0 Å². The van der Waals surface area contributed by atoms with Crippen LogP contribution in [0.5, 0.6) is 0 Å². The predicted octanol–water partition coefficient (Wildman–Crippen LogP) is 2.93. The molecule has 1 heterocycles. The van der Waals surface area contributed by atoms with Gasteiger partial charge in [-0.05, 0) is 36.2 Å². The molecule has 0 amide bonds. The zero-order valence-electron chi connectivity index (χ0n) is 7.73. The first-order valence-electron chi connectivity index (χ1n) is 4.28. The van der Waals surface area contributed by atoms with E-state index in [1.54, 1.807) is 0 Å². The van der Waals surface area contributed by atoms with Crippen molar-refractivity contribution < 1.29 is 4.79 Å². The Morgan fingerprint density at radius 3 is 2.86 bits per heavy atom. The van der Waals surface area contributed by atoms with Crippen molar-refractivity contribution in [2.24, 2.45) is 0 Å². The van der Waals surface area contributed by atoms with Crippen LogP contribution in [0.3, 0.4) is 0 Å². The summed E-state index contributed by atoms with van der Waals surface area (Å²) in [5, 5.41) is 1.93. The third kappa shape index (κ3) is 1.59. The summed E-state index contributed by atoms with van der Waals surface area (Å²) in [7, 11) is 0. The van der Waals surface area contributed by atoms with Gasteiger partial charge in [-0.3, -0.25) is 4.79 Å². The molecular weight excluding hydrogens is 194 g/mol. The van der Waals surface area contributed by atoms with E-state index in [1.807, 2.05) is 36.6 Å². The zero-order chi connectivity index (χ0) is 9.97. The minimum Gasteiger partial charge on any atom is -0.298 e. The number of hydrogen-bond acceptors (Lipinski definition) is 3. The van der Waals surface area contributed by atoms with Crippen LogP contribution in [0.1, 0.15) is 15.9 Å². The Kier molecular flexibility index (Phi) is 2.41. The molecule has 14 heavy (non-hydrogen) atoms. The van der Waals surface area contributed by atoms with Gasteiger partial charge in [-0.1, -0.05) is 12.1 Å². The molecule has 2 aromatic rings. The smallest absolute Gasteiger partial charge is 0.150 e. The first-order chi connectivity index (χ1) is 6.81. The lowest BCUT2D eigenvalue weighted by molar-refractivity contribution is 0.112. The summed E-state index contributed by atoms with van der Waals surface area (Å²) in [6.45, 7) is 2.02. The molecule has 3 heteroatoms. The topological polar surface area (TPSA) is 30.0 Å². The fourth-order valence-electron chi connectivity index (χ4n) is 1.34. The van der Waals surface area contributed by atoms with Crippen LogP contribution < -0.4 is 0 Å². The summed E-state index contributed by atoms with van der Waals surface area (Å²) in [6.07, 6.45) is 0.856. The van der Waals surface area contributed by atoms with E-state index in [-0.39, 0.29) is 0 Å². The van der Waals surface area contributed by atoms with Crippen LogP contribution in [0.25, 0.3) is 11.3 Å². The van der Waals surface area contributed by atoms with Crippen molar-refractivity contribution in [1.82, 2.24) is 4.37 Å². The highest BCUT2D eigenvalue weighted by atomic mass is 32.1. The van der Waals surface area contributed by atoms with Crippen LogP contribution in [0, 0.1) is 6.92 Å². The van der Waals surface area contributed by atoms with Crippen LogP contribution in [-0.4, -0.2) is 10.7 Å². The number of carbonyl (C=O) groups is 1. The molecule has 0 unspecified atom stereocenters. The lowest BCUT2D eigenvalue weighted by Crippen LogP contribution is -1.86. The third-order valence-electron chi connectivity index (χ3n) is 2.11. The highest BCUT2D eigenvalue weighted by Gasteiger charge is 2.04. The number of hydrogen-bond donors (Lipinski definition) is 0. The van der Waals surface area contributed by atoms with Crippen LogP contribution in [0.15, 0.2) is 29.6 Å². The molecule has 0 radical (unpaired) electrons. The molecule has 0 saturated carbocycles. The summed E-state index contributed by atoms with van der Waals surface area (Å²) in [5.41, 5.74) is 3.81. The summed E-state index contributed by atoms with van der Waals surface area (Å²) >= 11 is 1.42. The predicted molar refractivity (Wildman–Crippen MR) is 57.7 cm³/mol. The third-order valence-corrected chi connectivity index (χ3v) is 2.67. The molecular formula is C11H9NOS. The molecule has 0 spiro atoms. The lowest BCUT2D eigenvalue weighted by Gasteiger charge is -2.02. The molecule has 0 saturated heterocycles. The van der Waals surface area contributed by atoms with Gasteiger partial charge in [-0.15, -0.1) is 0 Å². The number of rotatable bonds is 2. The fraction of sp³-hybridized carbons (Fsp3) is 0.0909. The molecule has 2 rings (SSSR count). The molecule has 0 fully saturated rings. The van der Waals surface area contributed by atoms with Gasteiger partial charge in [0.15, 0.2) is 0 Å². The Hall–Kier alpha value is -1.48. The van der Waals surface area contributed by atoms with Crippen molar-refractivity contribution in [2.75, 3.05) is 0 Å². The van der Waals surface area contributed by atoms with Gasteiger partial charge in [0, 0.05) is 16.5 Å². The van der Waals surface area contributed by atoms with Crippen molar-refractivity contribution in [2.45, 2.75) is 6.92 Å². The minimum atomic E-state index is 0.693. The second kappa shape index (κ2) is 3.72. The molecule has 0 aliphatic rings. The first-order valence-corrected chi connectivity index (χ1v) is 5.11. The van der Waals surface area contributed by atoms with Gasteiger partial charge in [0.05, 0.1) is 5.69 Å². The van der Waals surface area contributed by atoms with Crippen molar-refractivity contribution in [3.05, 3.63) is 40.8 Å². The van der Waals surface area contributed by atoms with Crippen LogP contribution in [0.2, 0.25) is 0 Å². The molecule has 0 N–H and O–H groups in total. The number of benzene rings is 1. The van der Waals surface area contributed by atoms with Gasteiger partial charge in [0.2, 0.25) is 0 Å². The van der Waals surface area contributed by atoms with Gasteiger partial charge >= 0.3 is 0 Å². The van der Waals surface area contributed by atoms with Gasteiger partial charge in [-0.2, -0.15) is 4.37 Å². The average Bonchev–Trinajstić information content (AvgIpc) is 2.71. The molecule has 70 valence electrons. The quantitative estimate of drug-likeness (QED) is 0.702. The fourth-order valence-corrected chi connectivity index (χ4v) is 1.86. The SMILES string of the molecule is Cc1ccc(C=O)cc1-c1ccsn1. The van der Waals surface area contributed by atoms with E-state index in [1.165, 1.54) is 11.5 Å². The summed E-state index contributed by atoms with van der Waals surface area (Å²) in [6, 6.07) is 7.59. The molecule has 0 aliphatic heterocycles. The van der Waals surface area contributed by atoms with E-state index in [0.717, 1.165) is 23.1 Å². The molecule has 1 aromatic carbocycles. The van der Waals surface area contributed by atoms with Crippen molar-refractivity contribution >= 4 is 17.8 Å². The highest BCUT2D eigenvalue weighted by molar-refractivity contribution is 7.03. The zero-order valence-corrected chi connectivity index (χ0v) is 8.54. The van der Waals surface area contributed by atoms with Crippen LogP contribution in [-0.2, 0) is 0 Å². The number of aryl methyl sites for hydroxylation is 1. The highest BCUT2D eigenvalue weighted by Crippen LogP contribution is 2.23. The van der Waals surface area contributed by atoms with Crippen molar-refractivity contribution in [3.63, 3.8) is 0 Å². The Bertz CT molecular complexity index is 448. The monoisotopic (exact) mass is 203 g/mol. The molecule has 0 bridgehead atoms. The summed E-state index contributed by atoms with van der Waals surface area (Å²) in [4.78, 5) is 10.6. The van der Waals surface area contributed by atoms with Gasteiger partial charge in [0.1, 0.15) is 6.29 Å². The van der Waals surface area contributed by atoms with Crippen molar-refractivity contribution in [3.8, 4) is 11.3 Å². The van der Waals surface area contributed by atoms with Crippen LogP contribution in [0.4, 0.5) is 0 Å². The van der Waals surface area contributed by atoms with Gasteiger partial charge in [0.25, 0.3) is 0 Å². The Morgan fingerprint density at radius 1 is 1.36 bits per heavy atom. The lowest BCUT2D eigenvalue weighted by atomic mass is 10.0. The Balaban J connectivity index is 2.57. The van der Waals surface area contributed by atoms with Gasteiger partial charge < -0.3 is 0 Å². The molecule has 0 atom stereocenters. The maximum absolute atomic E-state index is 10.6. The van der Waals surface area contributed by atoms with E-state index in [0.29, 0.717) is 5.56 Å². The maximum Gasteiger partial charge on any atom is 0.150 e. The first kappa shape index (κ1) is 9.09. The second-order valence-electron chi connectivity index (χ2n) is 3.08. The summed E-state index contributed by atoms with van der Waals surface area (Å²) in [5.74, 6) is 0. The molecule has 1 aromatic heterocycles. The molecule has 0 aliphatic carbocycles. The number of aldehydes is 1. The molecule has 2 nitrogen and oxygen atoms in total. The number of carbonyl (C=O) groups excluding carboxylic acids is 1. The van der Waals surface area contributed by atoms with Crippen molar-refractivity contribution in [1.29, 1.82) is 0 Å². The Morgan fingerprint density at radius 2 is 2.21 bits per heavy atom. The van der Waals surface area contributed by atoms with Crippen LogP contribution >= 0.6 is 11.5 Å². The minimum absolute atomic E-state index is 0.693. The van der Waals surface area contributed by atoms with E-state index in [2.05, 4.69) is 4.37 Å². The summed E-state index contributed by atoms with van der Waals surface area (Å²) < 4.78 is 4.25. The maximum atomic E-state index is 10.6. The van der Waals surface area contributed by atoms with E-state index >= 15 is 0 Å². The van der Waals surface area contributed by atoms with E-state index in [9.17, 15) is 4.79 Å². The second-order valence-corrected chi connectivity index (χ2v) is 3.74. The van der Waals surface area contributed by atoms with Gasteiger partial charge in [-0.25, -0.2) is 0 Å². The number of nitrogens with zero attached hydrogens (tertiary/aromatic N) is 1.